The van der Waals surface area contributed by atoms with Gasteiger partial charge in [-0.1, -0.05) is 0 Å². The third-order valence-electron chi connectivity index (χ3n) is 0.980. The molecule has 0 aliphatic carbocycles. The predicted octanol–water partition coefficient (Wildman–Crippen LogP) is 4.68. The van der Waals surface area contributed by atoms with Crippen molar-refractivity contribution in [1.29, 1.82) is 0 Å². The number of alkyl halides is 10. The Balaban J connectivity index is 5.00. The second-order valence-corrected chi connectivity index (χ2v) is 4.56. The standard InChI is InChI=1S/C4F10S2/c5-1(2(6,7)8,3(9,10)11)15-16-4(12,13)14. The van der Waals surface area contributed by atoms with Gasteiger partial charge in [-0.25, -0.2) is 4.39 Å². The average Bonchev–Trinajstić information content (AvgIpc) is 1.93. The minimum absolute atomic E-state index is 1.80. The molecule has 0 nitrogen and oxygen atoms in total. The first-order valence-corrected chi connectivity index (χ1v) is 5.11. The molecule has 98 valence electrons. The molecule has 0 rings (SSSR count). The van der Waals surface area contributed by atoms with E-state index in [0.29, 0.717) is 0 Å². The van der Waals surface area contributed by atoms with E-state index in [-0.39, 0.29) is 0 Å². The summed E-state index contributed by atoms with van der Waals surface area (Å²) in [4.78, 5) is 0. The maximum absolute atomic E-state index is 12.5. The van der Waals surface area contributed by atoms with Gasteiger partial charge in [0.2, 0.25) is 0 Å². The first-order chi connectivity index (χ1) is 6.71. The summed E-state index contributed by atoms with van der Waals surface area (Å²) in [5.41, 5.74) is -5.42. The average molecular weight is 302 g/mol. The Morgan fingerprint density at radius 3 is 1.00 bits per heavy atom. The Kier molecular flexibility index (Phi) is 4.35. The van der Waals surface area contributed by atoms with Crippen molar-refractivity contribution in [3.8, 4) is 0 Å². The molecule has 0 aromatic carbocycles. The van der Waals surface area contributed by atoms with Gasteiger partial charge in [-0.3, -0.25) is 0 Å². The van der Waals surface area contributed by atoms with Gasteiger partial charge >= 0.3 is 22.9 Å². The molecule has 0 spiro atoms. The van der Waals surface area contributed by atoms with Crippen LogP contribution in [0.4, 0.5) is 43.9 Å². The highest BCUT2D eigenvalue weighted by Crippen LogP contribution is 2.59. The van der Waals surface area contributed by atoms with Crippen LogP contribution in [-0.2, 0) is 0 Å². The van der Waals surface area contributed by atoms with Crippen LogP contribution in [0.15, 0.2) is 0 Å². The van der Waals surface area contributed by atoms with E-state index in [1.165, 1.54) is 0 Å². The highest BCUT2D eigenvalue weighted by atomic mass is 33.1. The monoisotopic (exact) mass is 302 g/mol. The van der Waals surface area contributed by atoms with E-state index < -0.39 is 44.4 Å². The van der Waals surface area contributed by atoms with Gasteiger partial charge in [-0.2, -0.15) is 39.5 Å². The Morgan fingerprint density at radius 1 is 0.500 bits per heavy atom. The molecule has 0 aliphatic rings. The van der Waals surface area contributed by atoms with E-state index in [2.05, 4.69) is 0 Å². The van der Waals surface area contributed by atoms with Gasteiger partial charge in [0.05, 0.1) is 0 Å². The van der Waals surface area contributed by atoms with Gasteiger partial charge in [0.1, 0.15) is 0 Å². The van der Waals surface area contributed by atoms with Crippen LogP contribution in [-0.4, -0.2) is 22.9 Å². The molecule has 12 heteroatoms. The summed E-state index contributed by atoms with van der Waals surface area (Å²) in [6.45, 7) is 0. The van der Waals surface area contributed by atoms with Crippen LogP contribution in [0.1, 0.15) is 0 Å². The topological polar surface area (TPSA) is 0 Å². The van der Waals surface area contributed by atoms with Gasteiger partial charge in [-0.15, -0.1) is 0 Å². The van der Waals surface area contributed by atoms with E-state index in [9.17, 15) is 43.9 Å². The molecule has 0 aromatic rings. The molecule has 0 unspecified atom stereocenters. The van der Waals surface area contributed by atoms with Gasteiger partial charge in [0, 0.05) is 10.8 Å². The fraction of sp³-hybridized carbons (Fsp3) is 1.00. The molecule has 0 aliphatic heterocycles. The van der Waals surface area contributed by atoms with Crippen molar-refractivity contribution in [2.24, 2.45) is 0 Å². The van der Waals surface area contributed by atoms with Crippen LogP contribution in [0, 0.1) is 0 Å². The first kappa shape index (κ1) is 16.0. The Bertz CT molecular complexity index is 221. The van der Waals surface area contributed by atoms with Crippen molar-refractivity contribution in [3.05, 3.63) is 0 Å². The van der Waals surface area contributed by atoms with Gasteiger partial charge < -0.3 is 0 Å². The molecule has 0 radical (unpaired) electrons. The Morgan fingerprint density at radius 2 is 0.812 bits per heavy atom. The molecule has 0 saturated carbocycles. The van der Waals surface area contributed by atoms with E-state index in [4.69, 9.17) is 0 Å². The number of hydrogen-bond donors (Lipinski definition) is 0. The molecule has 0 bridgehead atoms. The third kappa shape index (κ3) is 3.79. The van der Waals surface area contributed by atoms with Crippen LogP contribution in [0.3, 0.4) is 0 Å². The number of rotatable bonds is 2. The molecule has 0 atom stereocenters. The lowest BCUT2D eigenvalue weighted by molar-refractivity contribution is -0.302. The fourth-order valence-corrected chi connectivity index (χ4v) is 1.95. The van der Waals surface area contributed by atoms with E-state index in [0.717, 1.165) is 0 Å². The van der Waals surface area contributed by atoms with E-state index in [1.54, 1.807) is 0 Å². The fourth-order valence-electron chi connectivity index (χ4n) is 0.360. The summed E-state index contributed by atoms with van der Waals surface area (Å²) in [6, 6.07) is 0. The lowest BCUT2D eigenvalue weighted by Crippen LogP contribution is -2.50. The second-order valence-electron chi connectivity index (χ2n) is 2.20. The SMILES string of the molecule is FC(F)(F)SSC(F)(C(F)(F)F)C(F)(F)F. The molecular formula is C4F10S2. The number of halogens is 10. The van der Waals surface area contributed by atoms with Gasteiger partial charge in [0.15, 0.2) is 0 Å². The van der Waals surface area contributed by atoms with Crippen molar-refractivity contribution in [2.75, 3.05) is 0 Å². The van der Waals surface area contributed by atoms with Crippen molar-refractivity contribution in [1.82, 2.24) is 0 Å². The minimum Gasteiger partial charge on any atom is -0.210 e. The molecule has 0 aromatic heterocycles. The normalized spacial score (nSPS) is 15.4. The maximum atomic E-state index is 12.5. The zero-order valence-corrected chi connectivity index (χ0v) is 8.23. The van der Waals surface area contributed by atoms with Crippen LogP contribution >= 0.6 is 21.6 Å². The van der Waals surface area contributed by atoms with Crippen LogP contribution < -0.4 is 0 Å². The summed E-state index contributed by atoms with van der Waals surface area (Å²) in [5, 5.41) is -5.96. The highest BCUT2D eigenvalue weighted by molar-refractivity contribution is 8.77. The predicted molar refractivity (Wildman–Crippen MR) is 37.2 cm³/mol. The van der Waals surface area contributed by atoms with Gasteiger partial charge in [0.25, 0.3) is 0 Å². The summed E-state index contributed by atoms with van der Waals surface area (Å²) >= 11 is 0. The van der Waals surface area contributed by atoms with E-state index >= 15 is 0 Å². The Hall–Kier alpha value is -0.000000000000000111. The van der Waals surface area contributed by atoms with Crippen molar-refractivity contribution in [3.63, 3.8) is 0 Å². The molecule has 0 heterocycles. The quantitative estimate of drug-likeness (QED) is 0.536. The zero-order chi connectivity index (χ0) is 13.4. The lowest BCUT2D eigenvalue weighted by Gasteiger charge is -2.28. The summed E-state index contributed by atoms with van der Waals surface area (Å²) in [6.07, 6.45) is -13.0. The summed E-state index contributed by atoms with van der Waals surface area (Å²) in [5.74, 6) is 0. The smallest absolute Gasteiger partial charge is 0.210 e. The third-order valence-corrected chi connectivity index (χ3v) is 3.45. The van der Waals surface area contributed by atoms with Crippen LogP contribution in [0.25, 0.3) is 0 Å². The first-order valence-electron chi connectivity index (χ1n) is 2.96. The molecule has 0 amide bonds. The molecular weight excluding hydrogens is 302 g/mol. The highest BCUT2D eigenvalue weighted by Gasteiger charge is 2.74. The molecule has 16 heavy (non-hydrogen) atoms. The summed E-state index contributed by atoms with van der Waals surface area (Å²) in [7, 11) is -3.78. The van der Waals surface area contributed by atoms with Crippen molar-refractivity contribution in [2.45, 2.75) is 22.9 Å². The Labute approximate surface area is 89.1 Å². The van der Waals surface area contributed by atoms with Gasteiger partial charge in [-0.05, 0) is 10.8 Å². The van der Waals surface area contributed by atoms with Crippen molar-refractivity contribution < 1.29 is 43.9 Å². The van der Waals surface area contributed by atoms with Crippen LogP contribution in [0.5, 0.6) is 0 Å². The summed E-state index contributed by atoms with van der Waals surface area (Å²) < 4.78 is 117. The second kappa shape index (κ2) is 4.35. The van der Waals surface area contributed by atoms with E-state index in [1.807, 2.05) is 0 Å². The largest absolute Gasteiger partial charge is 0.452 e. The zero-order valence-electron chi connectivity index (χ0n) is 6.60. The van der Waals surface area contributed by atoms with Crippen molar-refractivity contribution >= 4 is 21.6 Å². The minimum atomic E-state index is -6.49. The lowest BCUT2D eigenvalue weighted by atomic mass is 10.3. The maximum Gasteiger partial charge on any atom is 0.452 e. The number of hydrogen-bond acceptors (Lipinski definition) is 2. The molecule has 0 saturated heterocycles. The molecule has 0 fully saturated rings. The van der Waals surface area contributed by atoms with Crippen LogP contribution in [0.2, 0.25) is 0 Å². The molecule has 0 N–H and O–H groups in total.